The van der Waals surface area contributed by atoms with Crippen molar-refractivity contribution in [3.05, 3.63) is 89.5 Å². The van der Waals surface area contributed by atoms with E-state index < -0.39 is 42.3 Å². The standard InChI is InChI=1S/C35H36N6O9S2/c1-20-15-29(21(2)14-28(20)36)38-40-31-16-22(3)30(19-32(31)50-12-5-13-51(43,44)45)39-41-34-33(52(46,47)48)18-23-17-25(8-11-27(23)35(34)42)37-24-6-9-26(49-4)10-7-24/h6-11,14-19,37,42H,5,12-13,36H2,1-4H3,(H,43,44,45)(H,46,47,48). The van der Waals surface area contributed by atoms with Crippen molar-refractivity contribution in [2.75, 3.05) is 30.5 Å². The molecule has 0 radical (unpaired) electrons. The smallest absolute Gasteiger partial charge is 0.296 e. The Kier molecular flexibility index (Phi) is 11.1. The first kappa shape index (κ1) is 37.6. The van der Waals surface area contributed by atoms with Crippen LogP contribution in [-0.2, 0) is 20.2 Å². The van der Waals surface area contributed by atoms with E-state index in [4.69, 9.17) is 19.8 Å². The number of ether oxygens (including phenoxy) is 2. The number of phenols is 1. The Bertz CT molecular complexity index is 2430. The Morgan fingerprint density at radius 2 is 1.37 bits per heavy atom. The summed E-state index contributed by atoms with van der Waals surface area (Å²) in [5.74, 6) is -0.281. The van der Waals surface area contributed by atoms with E-state index in [2.05, 4.69) is 25.8 Å². The normalized spacial score (nSPS) is 12.2. The van der Waals surface area contributed by atoms with E-state index in [9.17, 15) is 26.5 Å². The molecule has 0 spiro atoms. The van der Waals surface area contributed by atoms with Gasteiger partial charge in [-0.15, -0.1) is 15.3 Å². The summed E-state index contributed by atoms with van der Waals surface area (Å²) in [5.41, 5.74) is 10.5. The van der Waals surface area contributed by atoms with Crippen molar-refractivity contribution < 1.29 is 40.5 Å². The summed E-state index contributed by atoms with van der Waals surface area (Å²) in [7, 11) is -7.57. The van der Waals surface area contributed by atoms with E-state index in [0.717, 1.165) is 16.8 Å². The molecule has 52 heavy (non-hydrogen) atoms. The zero-order valence-corrected chi connectivity index (χ0v) is 30.2. The number of phenolic OH excluding ortho intramolecular Hbond substituents is 1. The first-order valence-electron chi connectivity index (χ1n) is 15.6. The molecule has 0 bridgehead atoms. The van der Waals surface area contributed by atoms with Crippen LogP contribution in [0.25, 0.3) is 10.8 Å². The number of nitrogens with one attached hydrogen (secondary N) is 1. The minimum absolute atomic E-state index is 0.0452. The predicted octanol–water partition coefficient (Wildman–Crippen LogP) is 8.54. The lowest BCUT2D eigenvalue weighted by atomic mass is 10.1. The molecule has 0 unspecified atom stereocenters. The van der Waals surface area contributed by atoms with Gasteiger partial charge in [-0.3, -0.25) is 9.11 Å². The number of methoxy groups -OCH3 is 1. The highest BCUT2D eigenvalue weighted by Gasteiger charge is 2.23. The third-order valence-electron chi connectivity index (χ3n) is 7.90. The molecule has 6 N–H and O–H groups in total. The van der Waals surface area contributed by atoms with E-state index in [-0.39, 0.29) is 35.5 Å². The molecule has 0 aliphatic heterocycles. The van der Waals surface area contributed by atoms with Crippen LogP contribution in [0, 0.1) is 20.8 Å². The van der Waals surface area contributed by atoms with Crippen molar-refractivity contribution in [3.8, 4) is 17.2 Å². The quantitative estimate of drug-likeness (QED) is 0.0331. The molecule has 0 heterocycles. The first-order valence-corrected chi connectivity index (χ1v) is 18.7. The summed E-state index contributed by atoms with van der Waals surface area (Å²) in [6, 6.07) is 19.7. The zero-order valence-electron chi connectivity index (χ0n) is 28.5. The molecule has 0 aromatic heterocycles. The Hall–Kier alpha value is -5.62. The fourth-order valence-corrected chi connectivity index (χ4v) is 6.23. The van der Waals surface area contributed by atoms with Crippen molar-refractivity contribution in [1.29, 1.82) is 0 Å². The molecule has 0 amide bonds. The number of nitrogens with zero attached hydrogens (tertiary/aromatic N) is 4. The highest BCUT2D eigenvalue weighted by molar-refractivity contribution is 7.86. The van der Waals surface area contributed by atoms with Crippen molar-refractivity contribution in [3.63, 3.8) is 0 Å². The summed E-state index contributed by atoms with van der Waals surface area (Å²) < 4.78 is 77.8. The predicted molar refractivity (Wildman–Crippen MR) is 198 cm³/mol. The van der Waals surface area contributed by atoms with Crippen molar-refractivity contribution in [1.82, 2.24) is 0 Å². The number of aryl methyl sites for hydroxylation is 3. The number of hydrogen-bond acceptors (Lipinski definition) is 13. The third-order valence-corrected chi connectivity index (χ3v) is 9.57. The number of rotatable bonds is 13. The monoisotopic (exact) mass is 748 g/mol. The van der Waals surface area contributed by atoms with Gasteiger partial charge in [0.2, 0.25) is 0 Å². The molecule has 272 valence electrons. The Balaban J connectivity index is 1.52. The number of hydrogen-bond donors (Lipinski definition) is 5. The molecular weight excluding hydrogens is 713 g/mol. The SMILES string of the molecule is COc1ccc(Nc2ccc3c(O)c(N=Nc4cc(OCCCS(=O)(=O)O)c(N=Nc5cc(C)c(N)cc5C)cc4C)c(S(=O)(=O)O)cc3c2)cc1. The minimum atomic E-state index is -4.90. The molecule has 0 saturated carbocycles. The van der Waals surface area contributed by atoms with Gasteiger partial charge in [-0.25, -0.2) is 0 Å². The van der Waals surface area contributed by atoms with Gasteiger partial charge in [-0.1, -0.05) is 0 Å². The highest BCUT2D eigenvalue weighted by Crippen LogP contribution is 2.43. The van der Waals surface area contributed by atoms with Crippen LogP contribution in [0.5, 0.6) is 17.2 Å². The molecule has 0 aliphatic carbocycles. The van der Waals surface area contributed by atoms with Crippen LogP contribution in [0.15, 0.2) is 98.1 Å². The second kappa shape index (κ2) is 15.3. The van der Waals surface area contributed by atoms with Gasteiger partial charge in [0.15, 0.2) is 5.75 Å². The molecule has 17 heteroatoms. The molecular formula is C35H36N6O9S2. The molecule has 0 fully saturated rings. The van der Waals surface area contributed by atoms with Crippen LogP contribution in [0.4, 0.5) is 39.8 Å². The Labute approximate surface area is 300 Å². The van der Waals surface area contributed by atoms with E-state index in [1.165, 1.54) is 12.1 Å². The van der Waals surface area contributed by atoms with E-state index in [1.807, 2.05) is 13.8 Å². The number of anilines is 3. The number of nitrogens with two attached hydrogens (primary N) is 1. The Morgan fingerprint density at radius 1 is 0.750 bits per heavy atom. The van der Waals surface area contributed by atoms with Crippen molar-refractivity contribution in [2.45, 2.75) is 32.1 Å². The average molecular weight is 749 g/mol. The van der Waals surface area contributed by atoms with E-state index >= 15 is 0 Å². The topological polar surface area (TPSA) is 235 Å². The number of benzene rings is 5. The van der Waals surface area contributed by atoms with Gasteiger partial charge < -0.3 is 25.6 Å². The van der Waals surface area contributed by atoms with Crippen LogP contribution in [0.2, 0.25) is 0 Å². The summed E-state index contributed by atoms with van der Waals surface area (Å²) in [4.78, 5) is -0.679. The van der Waals surface area contributed by atoms with Crippen LogP contribution in [0.1, 0.15) is 23.1 Å². The molecule has 5 rings (SSSR count). The lowest BCUT2D eigenvalue weighted by molar-refractivity contribution is 0.317. The zero-order chi connectivity index (χ0) is 37.8. The first-order chi connectivity index (χ1) is 24.5. The molecule has 15 nitrogen and oxygen atoms in total. The van der Waals surface area contributed by atoms with Crippen molar-refractivity contribution in [2.24, 2.45) is 20.5 Å². The van der Waals surface area contributed by atoms with Gasteiger partial charge in [0.05, 0.1) is 30.8 Å². The van der Waals surface area contributed by atoms with E-state index in [1.54, 1.807) is 74.7 Å². The second-order valence-corrected chi connectivity index (χ2v) is 14.8. The molecule has 5 aromatic carbocycles. The van der Waals surface area contributed by atoms with Crippen LogP contribution in [0.3, 0.4) is 0 Å². The van der Waals surface area contributed by atoms with Crippen LogP contribution in [-0.4, -0.2) is 50.5 Å². The van der Waals surface area contributed by atoms with Gasteiger partial charge >= 0.3 is 0 Å². The van der Waals surface area contributed by atoms with Gasteiger partial charge in [0.25, 0.3) is 20.2 Å². The maximum absolute atomic E-state index is 12.5. The minimum Gasteiger partial charge on any atom is -0.505 e. The second-order valence-electron chi connectivity index (χ2n) is 11.8. The summed E-state index contributed by atoms with van der Waals surface area (Å²) in [6.45, 7) is 5.21. The lowest BCUT2D eigenvalue weighted by Gasteiger charge is -2.12. The summed E-state index contributed by atoms with van der Waals surface area (Å²) in [6.07, 6.45) is -0.0452. The lowest BCUT2D eigenvalue weighted by Crippen LogP contribution is -2.08. The highest BCUT2D eigenvalue weighted by atomic mass is 32.2. The fourth-order valence-electron chi connectivity index (χ4n) is 5.09. The van der Waals surface area contributed by atoms with Crippen molar-refractivity contribution >= 4 is 70.8 Å². The molecule has 5 aromatic rings. The Morgan fingerprint density at radius 3 is 2.04 bits per heavy atom. The van der Waals surface area contributed by atoms with Gasteiger partial charge in [0.1, 0.15) is 27.8 Å². The molecule has 0 atom stereocenters. The van der Waals surface area contributed by atoms with Gasteiger partial charge in [-0.05, 0) is 116 Å². The number of aromatic hydroxyl groups is 1. The maximum Gasteiger partial charge on any atom is 0.296 e. The molecule has 0 saturated heterocycles. The number of fused-ring (bicyclic) bond motifs is 1. The summed E-state index contributed by atoms with van der Waals surface area (Å²) in [5, 5.41) is 31.9. The molecule has 0 aliphatic rings. The van der Waals surface area contributed by atoms with E-state index in [0.29, 0.717) is 33.8 Å². The van der Waals surface area contributed by atoms with Gasteiger partial charge in [-0.2, -0.15) is 21.9 Å². The largest absolute Gasteiger partial charge is 0.505 e. The maximum atomic E-state index is 12.5. The third kappa shape index (κ3) is 9.18. The van der Waals surface area contributed by atoms with Crippen LogP contribution < -0.4 is 20.5 Å². The fraction of sp³-hybridized carbons (Fsp3) is 0.200. The summed E-state index contributed by atoms with van der Waals surface area (Å²) >= 11 is 0. The van der Waals surface area contributed by atoms with Gasteiger partial charge in [0, 0.05) is 28.5 Å². The number of azo groups is 2. The van der Waals surface area contributed by atoms with Crippen LogP contribution >= 0.6 is 0 Å². The number of nitrogen functional groups attached to an aromatic ring is 1. The average Bonchev–Trinajstić information content (AvgIpc) is 3.07.